The van der Waals surface area contributed by atoms with Crippen molar-refractivity contribution in [3.63, 3.8) is 0 Å². The molecule has 1 saturated heterocycles. The number of allylic oxidation sites excluding steroid dienone is 1. The standard InChI is InChI=1S/C30H27NO5S/c1-3-11-24-16-22(17-26(35-4-2)28(24)36-20-21-12-7-5-8-13-21)18-27-29(33)31(30(34)37-27)19-25(32)23-14-9-6-10-15-23/h3,5-10,12-18H,1,4,11,19-20H2,2H3/b27-18-. The number of Topliss-reactive ketones (excluding diaryl/α,β-unsaturated/α-hetero) is 1. The molecule has 0 unspecified atom stereocenters. The zero-order valence-corrected chi connectivity index (χ0v) is 21.3. The van der Waals surface area contributed by atoms with Crippen LogP contribution < -0.4 is 9.47 Å². The van der Waals surface area contributed by atoms with Gasteiger partial charge in [0.15, 0.2) is 17.3 Å². The first-order valence-electron chi connectivity index (χ1n) is 11.9. The first kappa shape index (κ1) is 26.0. The van der Waals surface area contributed by atoms with Gasteiger partial charge in [-0.1, -0.05) is 66.7 Å². The predicted molar refractivity (Wildman–Crippen MR) is 146 cm³/mol. The molecular formula is C30H27NO5S. The van der Waals surface area contributed by atoms with Crippen LogP contribution >= 0.6 is 11.8 Å². The Morgan fingerprint density at radius 2 is 1.70 bits per heavy atom. The van der Waals surface area contributed by atoms with Gasteiger partial charge in [-0.15, -0.1) is 6.58 Å². The Bertz CT molecular complexity index is 1330. The third-order valence-electron chi connectivity index (χ3n) is 5.61. The maximum atomic E-state index is 13.0. The van der Waals surface area contributed by atoms with Gasteiger partial charge in [-0.2, -0.15) is 0 Å². The lowest BCUT2D eigenvalue weighted by atomic mass is 10.0. The summed E-state index contributed by atoms with van der Waals surface area (Å²) in [5, 5.41) is -0.473. The van der Waals surface area contributed by atoms with E-state index in [9.17, 15) is 14.4 Å². The van der Waals surface area contributed by atoms with Crippen molar-refractivity contribution in [2.45, 2.75) is 20.0 Å². The van der Waals surface area contributed by atoms with Crippen molar-refractivity contribution in [2.24, 2.45) is 0 Å². The number of nitrogens with zero attached hydrogens (tertiary/aromatic N) is 1. The molecule has 1 fully saturated rings. The largest absolute Gasteiger partial charge is 0.490 e. The summed E-state index contributed by atoms with van der Waals surface area (Å²) in [6.45, 7) is 6.24. The van der Waals surface area contributed by atoms with Crippen LogP contribution in [0.5, 0.6) is 11.5 Å². The molecule has 0 aliphatic carbocycles. The maximum Gasteiger partial charge on any atom is 0.293 e. The Morgan fingerprint density at radius 3 is 2.38 bits per heavy atom. The predicted octanol–water partition coefficient (Wildman–Crippen LogP) is 6.31. The molecule has 2 amide bonds. The summed E-state index contributed by atoms with van der Waals surface area (Å²) in [5.74, 6) is 0.370. The zero-order valence-electron chi connectivity index (χ0n) is 20.5. The van der Waals surface area contributed by atoms with Gasteiger partial charge in [-0.3, -0.25) is 19.3 Å². The third kappa shape index (κ3) is 6.37. The van der Waals surface area contributed by atoms with Crippen molar-refractivity contribution in [2.75, 3.05) is 13.2 Å². The number of imide groups is 1. The van der Waals surface area contributed by atoms with Gasteiger partial charge in [-0.05, 0) is 54.4 Å². The Hall–Kier alpha value is -4.10. The summed E-state index contributed by atoms with van der Waals surface area (Å²) in [6, 6.07) is 22.1. The molecule has 0 spiro atoms. The van der Waals surface area contributed by atoms with Crippen molar-refractivity contribution < 1.29 is 23.9 Å². The van der Waals surface area contributed by atoms with Crippen LogP contribution in [-0.2, 0) is 17.8 Å². The van der Waals surface area contributed by atoms with Crippen LogP contribution in [0.3, 0.4) is 0 Å². The van der Waals surface area contributed by atoms with E-state index in [1.54, 1.807) is 48.6 Å². The van der Waals surface area contributed by atoms with Gasteiger partial charge in [0.05, 0.1) is 18.1 Å². The number of carbonyl (C=O) groups is 3. The van der Waals surface area contributed by atoms with Crippen molar-refractivity contribution in [3.8, 4) is 11.5 Å². The third-order valence-corrected chi connectivity index (χ3v) is 6.52. The fourth-order valence-electron chi connectivity index (χ4n) is 3.88. The molecule has 7 heteroatoms. The average Bonchev–Trinajstić information content (AvgIpc) is 3.17. The minimum atomic E-state index is -0.494. The van der Waals surface area contributed by atoms with Gasteiger partial charge in [0.25, 0.3) is 11.1 Å². The van der Waals surface area contributed by atoms with Crippen LogP contribution in [0.4, 0.5) is 4.79 Å². The number of carbonyl (C=O) groups excluding carboxylic acids is 3. The fraction of sp³-hybridized carbons (Fsp3) is 0.167. The van der Waals surface area contributed by atoms with Crippen LogP contribution in [-0.4, -0.2) is 35.0 Å². The van der Waals surface area contributed by atoms with E-state index in [0.717, 1.165) is 27.8 Å². The molecule has 37 heavy (non-hydrogen) atoms. The minimum absolute atomic E-state index is 0.246. The van der Waals surface area contributed by atoms with E-state index in [2.05, 4.69) is 6.58 Å². The number of benzene rings is 3. The van der Waals surface area contributed by atoms with Crippen LogP contribution in [0.25, 0.3) is 6.08 Å². The van der Waals surface area contributed by atoms with Gasteiger partial charge in [0, 0.05) is 11.1 Å². The number of amides is 2. The van der Waals surface area contributed by atoms with Crippen molar-refractivity contribution in [3.05, 3.63) is 113 Å². The van der Waals surface area contributed by atoms with Crippen LogP contribution in [0.15, 0.2) is 90.4 Å². The second-order valence-electron chi connectivity index (χ2n) is 8.26. The molecule has 1 heterocycles. The van der Waals surface area contributed by atoms with E-state index in [1.807, 2.05) is 43.3 Å². The highest BCUT2D eigenvalue weighted by molar-refractivity contribution is 8.18. The second-order valence-corrected chi connectivity index (χ2v) is 9.26. The molecule has 0 saturated carbocycles. The molecule has 1 aliphatic rings. The summed E-state index contributed by atoms with van der Waals surface area (Å²) in [6.07, 6.45) is 3.94. The van der Waals surface area contributed by atoms with Crippen molar-refractivity contribution in [1.82, 2.24) is 4.90 Å². The van der Waals surface area contributed by atoms with E-state index < -0.39 is 11.1 Å². The Labute approximate surface area is 220 Å². The average molecular weight is 514 g/mol. The topological polar surface area (TPSA) is 72.9 Å². The van der Waals surface area contributed by atoms with Crippen molar-refractivity contribution >= 4 is 34.8 Å². The van der Waals surface area contributed by atoms with E-state index >= 15 is 0 Å². The molecule has 0 N–H and O–H groups in total. The van der Waals surface area contributed by atoms with E-state index in [-0.39, 0.29) is 17.2 Å². The molecule has 0 bridgehead atoms. The van der Waals surface area contributed by atoms with Crippen LogP contribution in [0, 0.1) is 0 Å². The Kier molecular flexibility index (Phi) is 8.59. The van der Waals surface area contributed by atoms with Gasteiger partial charge in [-0.25, -0.2) is 0 Å². The highest BCUT2D eigenvalue weighted by Crippen LogP contribution is 2.38. The molecule has 4 rings (SSSR count). The van der Waals surface area contributed by atoms with Crippen molar-refractivity contribution in [1.29, 1.82) is 0 Å². The summed E-state index contributed by atoms with van der Waals surface area (Å²) >= 11 is 0.818. The van der Waals surface area contributed by atoms with E-state index in [4.69, 9.17) is 9.47 Å². The lowest BCUT2D eigenvalue weighted by Gasteiger charge is -2.17. The van der Waals surface area contributed by atoms with Gasteiger partial charge >= 0.3 is 0 Å². The van der Waals surface area contributed by atoms with E-state index in [1.165, 1.54) is 0 Å². The van der Waals surface area contributed by atoms with Gasteiger partial charge in [0.1, 0.15) is 6.61 Å². The Morgan fingerprint density at radius 1 is 1.00 bits per heavy atom. The summed E-state index contributed by atoms with van der Waals surface area (Å²) in [4.78, 5) is 39.4. The number of rotatable bonds is 11. The number of ketones is 1. The first-order valence-corrected chi connectivity index (χ1v) is 12.7. The fourth-order valence-corrected chi connectivity index (χ4v) is 4.72. The molecular weight excluding hydrogens is 486 g/mol. The Balaban J connectivity index is 1.59. The van der Waals surface area contributed by atoms with Crippen LogP contribution in [0.1, 0.15) is 34.0 Å². The molecule has 6 nitrogen and oxygen atoms in total. The smallest absolute Gasteiger partial charge is 0.293 e. The molecule has 188 valence electrons. The summed E-state index contributed by atoms with van der Waals surface area (Å²) in [7, 11) is 0. The molecule has 0 aromatic heterocycles. The van der Waals surface area contributed by atoms with E-state index in [0.29, 0.717) is 42.3 Å². The summed E-state index contributed by atoms with van der Waals surface area (Å²) < 4.78 is 12.0. The summed E-state index contributed by atoms with van der Waals surface area (Å²) in [5.41, 5.74) is 3.01. The van der Waals surface area contributed by atoms with Crippen LogP contribution in [0.2, 0.25) is 0 Å². The molecule has 3 aromatic carbocycles. The normalized spacial score (nSPS) is 14.2. The number of thioether (sulfide) groups is 1. The number of hydrogen-bond acceptors (Lipinski definition) is 6. The monoisotopic (exact) mass is 513 g/mol. The maximum absolute atomic E-state index is 13.0. The highest BCUT2D eigenvalue weighted by atomic mass is 32.2. The molecule has 3 aromatic rings. The number of ether oxygens (including phenoxy) is 2. The lowest BCUT2D eigenvalue weighted by molar-refractivity contribution is -0.122. The highest BCUT2D eigenvalue weighted by Gasteiger charge is 2.36. The lowest BCUT2D eigenvalue weighted by Crippen LogP contribution is -2.33. The molecule has 0 atom stereocenters. The van der Waals surface area contributed by atoms with Gasteiger partial charge < -0.3 is 9.47 Å². The first-order chi connectivity index (χ1) is 18.0. The number of hydrogen-bond donors (Lipinski definition) is 0. The second kappa shape index (κ2) is 12.2. The zero-order chi connectivity index (χ0) is 26.2. The minimum Gasteiger partial charge on any atom is -0.490 e. The van der Waals surface area contributed by atoms with Gasteiger partial charge in [0.2, 0.25) is 0 Å². The molecule has 0 radical (unpaired) electrons. The molecule has 1 aliphatic heterocycles. The SMILES string of the molecule is C=CCc1cc(/C=C2\SC(=O)N(CC(=O)c3ccccc3)C2=O)cc(OCC)c1OCc1ccccc1. The quantitative estimate of drug-likeness (QED) is 0.170.